The molecular weight excluding hydrogens is 239 g/mol. The summed E-state index contributed by atoms with van der Waals surface area (Å²) in [4.78, 5) is 23.1. The van der Waals surface area contributed by atoms with E-state index in [1.165, 1.54) is 0 Å². The number of carbonyl (C=O) groups is 2. The second-order valence-electron chi connectivity index (χ2n) is 3.82. The first-order chi connectivity index (χ1) is 7.88. The third kappa shape index (κ3) is 3.34. The molecule has 7 heteroatoms. The lowest BCUT2D eigenvalue weighted by atomic mass is 10.2. The maximum Gasteiger partial charge on any atom is 0.471 e. The highest BCUT2D eigenvalue weighted by Crippen LogP contribution is 2.26. The van der Waals surface area contributed by atoms with Crippen molar-refractivity contribution in [2.24, 2.45) is 0 Å². The Morgan fingerprint density at radius 3 is 2.59 bits per heavy atom. The predicted octanol–water partition coefficient (Wildman–Crippen LogP) is 1.49. The van der Waals surface area contributed by atoms with Gasteiger partial charge in [-0.1, -0.05) is 6.92 Å². The van der Waals surface area contributed by atoms with E-state index >= 15 is 0 Å². The van der Waals surface area contributed by atoms with E-state index in [9.17, 15) is 22.8 Å². The topological polar surface area (TPSA) is 46.6 Å². The van der Waals surface area contributed by atoms with Gasteiger partial charge in [0.25, 0.3) is 0 Å². The van der Waals surface area contributed by atoms with Crippen molar-refractivity contribution in [3.05, 3.63) is 0 Å². The maximum atomic E-state index is 12.2. The lowest BCUT2D eigenvalue weighted by molar-refractivity contribution is -0.188. The number of hydrogen-bond acceptors (Lipinski definition) is 3. The molecule has 0 spiro atoms. The van der Waals surface area contributed by atoms with Crippen molar-refractivity contribution in [3.63, 3.8) is 0 Å². The van der Waals surface area contributed by atoms with E-state index in [0.717, 1.165) is 0 Å². The standard InChI is InChI=1S/C10H14F3NO3/c1-2-6-17-8(15)7-4-3-5-14(7)9(16)10(11,12)13/h7H,2-6H2,1H3/t7-/m0/s1. The van der Waals surface area contributed by atoms with Crippen LogP contribution in [0.25, 0.3) is 0 Å². The zero-order valence-electron chi connectivity index (χ0n) is 9.42. The van der Waals surface area contributed by atoms with Crippen molar-refractivity contribution in [2.45, 2.75) is 38.4 Å². The summed E-state index contributed by atoms with van der Waals surface area (Å²) in [5.41, 5.74) is 0. The minimum absolute atomic E-state index is 0.0514. The Balaban J connectivity index is 2.66. The molecular formula is C10H14F3NO3. The molecule has 98 valence electrons. The molecule has 1 atom stereocenters. The van der Waals surface area contributed by atoms with E-state index in [2.05, 4.69) is 0 Å². The number of esters is 1. The van der Waals surface area contributed by atoms with Gasteiger partial charge in [-0.2, -0.15) is 13.2 Å². The highest BCUT2D eigenvalue weighted by Gasteiger charge is 2.48. The van der Waals surface area contributed by atoms with Crippen LogP contribution in [-0.2, 0) is 14.3 Å². The van der Waals surface area contributed by atoms with Gasteiger partial charge in [0.15, 0.2) is 0 Å². The molecule has 1 saturated heterocycles. The fourth-order valence-corrected chi connectivity index (χ4v) is 1.72. The van der Waals surface area contributed by atoms with Crippen LogP contribution in [-0.4, -0.2) is 42.1 Å². The summed E-state index contributed by atoms with van der Waals surface area (Å²) in [5.74, 6) is -2.71. The van der Waals surface area contributed by atoms with Crippen LogP contribution in [0.5, 0.6) is 0 Å². The SMILES string of the molecule is CCCOC(=O)[C@@H]1CCCN1C(=O)C(F)(F)F. The molecule has 0 bridgehead atoms. The van der Waals surface area contributed by atoms with Crippen LogP contribution < -0.4 is 0 Å². The van der Waals surface area contributed by atoms with Gasteiger partial charge in [0.1, 0.15) is 6.04 Å². The van der Waals surface area contributed by atoms with Gasteiger partial charge < -0.3 is 9.64 Å². The van der Waals surface area contributed by atoms with Gasteiger partial charge in [-0.25, -0.2) is 4.79 Å². The Hall–Kier alpha value is -1.27. The highest BCUT2D eigenvalue weighted by molar-refractivity contribution is 5.88. The third-order valence-corrected chi connectivity index (χ3v) is 2.48. The van der Waals surface area contributed by atoms with Crippen molar-refractivity contribution >= 4 is 11.9 Å². The monoisotopic (exact) mass is 253 g/mol. The molecule has 17 heavy (non-hydrogen) atoms. The van der Waals surface area contributed by atoms with Gasteiger partial charge in [-0.05, 0) is 19.3 Å². The molecule has 0 unspecified atom stereocenters. The average Bonchev–Trinajstić information content (AvgIpc) is 2.72. The van der Waals surface area contributed by atoms with E-state index in [1.54, 1.807) is 6.92 Å². The molecule has 4 nitrogen and oxygen atoms in total. The Kier molecular flexibility index (Phi) is 4.36. The van der Waals surface area contributed by atoms with Crippen LogP contribution in [0.15, 0.2) is 0 Å². The normalized spacial score (nSPS) is 20.5. The van der Waals surface area contributed by atoms with E-state index in [4.69, 9.17) is 4.74 Å². The number of hydrogen-bond donors (Lipinski definition) is 0. The van der Waals surface area contributed by atoms with Gasteiger partial charge >= 0.3 is 18.1 Å². The van der Waals surface area contributed by atoms with Gasteiger partial charge in [0, 0.05) is 6.54 Å². The summed E-state index contributed by atoms with van der Waals surface area (Å²) in [7, 11) is 0. The van der Waals surface area contributed by atoms with Crippen LogP contribution in [0.1, 0.15) is 26.2 Å². The quantitative estimate of drug-likeness (QED) is 0.716. The Morgan fingerprint density at radius 2 is 2.06 bits per heavy atom. The summed E-state index contributed by atoms with van der Waals surface area (Å²) in [5, 5.41) is 0. The van der Waals surface area contributed by atoms with Gasteiger partial charge in [-0.15, -0.1) is 0 Å². The Labute approximate surface area is 96.7 Å². The minimum Gasteiger partial charge on any atom is -0.464 e. The number of nitrogens with zero attached hydrogens (tertiary/aromatic N) is 1. The van der Waals surface area contributed by atoms with Crippen LogP contribution >= 0.6 is 0 Å². The molecule has 0 aromatic heterocycles. The van der Waals surface area contributed by atoms with Crippen molar-refractivity contribution in [1.29, 1.82) is 0 Å². The first-order valence-corrected chi connectivity index (χ1v) is 5.42. The summed E-state index contributed by atoms with van der Waals surface area (Å²) in [6, 6.07) is -1.09. The fourth-order valence-electron chi connectivity index (χ4n) is 1.72. The van der Waals surface area contributed by atoms with Crippen LogP contribution in [0.2, 0.25) is 0 Å². The third-order valence-electron chi connectivity index (χ3n) is 2.48. The zero-order valence-corrected chi connectivity index (χ0v) is 9.42. The van der Waals surface area contributed by atoms with Gasteiger partial charge in [-0.3, -0.25) is 4.79 Å². The lowest BCUT2D eigenvalue weighted by Crippen LogP contribution is -2.47. The minimum atomic E-state index is -4.94. The number of likely N-dealkylation sites (tertiary alicyclic amines) is 1. The first-order valence-electron chi connectivity index (χ1n) is 5.42. The van der Waals surface area contributed by atoms with Crippen LogP contribution in [0, 0.1) is 0 Å². The smallest absolute Gasteiger partial charge is 0.464 e. The molecule has 1 rings (SSSR count). The Morgan fingerprint density at radius 1 is 1.41 bits per heavy atom. The van der Waals surface area contributed by atoms with Crippen molar-refractivity contribution < 1.29 is 27.5 Å². The van der Waals surface area contributed by atoms with E-state index < -0.39 is 24.1 Å². The molecule has 0 aliphatic carbocycles. The van der Waals surface area contributed by atoms with Gasteiger partial charge in [0.2, 0.25) is 0 Å². The van der Waals surface area contributed by atoms with Crippen molar-refractivity contribution in [2.75, 3.05) is 13.2 Å². The van der Waals surface area contributed by atoms with Gasteiger partial charge in [0.05, 0.1) is 6.61 Å². The summed E-state index contributed by atoms with van der Waals surface area (Å²) >= 11 is 0. The van der Waals surface area contributed by atoms with E-state index in [1.807, 2.05) is 0 Å². The number of amides is 1. The zero-order chi connectivity index (χ0) is 13.1. The highest BCUT2D eigenvalue weighted by atomic mass is 19.4. The molecule has 0 N–H and O–H groups in total. The molecule has 1 aliphatic heterocycles. The molecule has 0 aromatic rings. The molecule has 1 aliphatic rings. The molecule has 0 saturated carbocycles. The average molecular weight is 253 g/mol. The summed E-state index contributed by atoms with van der Waals surface area (Å²) in [6.07, 6.45) is -3.74. The van der Waals surface area contributed by atoms with Crippen molar-refractivity contribution in [1.82, 2.24) is 4.90 Å². The molecule has 1 fully saturated rings. The predicted molar refractivity (Wildman–Crippen MR) is 52.0 cm³/mol. The van der Waals surface area contributed by atoms with E-state index in [0.29, 0.717) is 17.7 Å². The van der Waals surface area contributed by atoms with Crippen LogP contribution in [0.4, 0.5) is 13.2 Å². The number of ether oxygens (including phenoxy) is 1. The number of rotatable bonds is 3. The van der Waals surface area contributed by atoms with Crippen LogP contribution in [0.3, 0.4) is 0 Å². The lowest BCUT2D eigenvalue weighted by Gasteiger charge is -2.23. The maximum absolute atomic E-state index is 12.2. The van der Waals surface area contributed by atoms with E-state index in [-0.39, 0.29) is 19.6 Å². The second kappa shape index (κ2) is 5.37. The summed E-state index contributed by atoms with van der Waals surface area (Å²) in [6.45, 7) is 1.88. The number of halogens is 3. The fraction of sp³-hybridized carbons (Fsp3) is 0.800. The molecule has 1 heterocycles. The molecule has 0 aromatic carbocycles. The molecule has 0 radical (unpaired) electrons. The Bertz CT molecular complexity index is 304. The van der Waals surface area contributed by atoms with Crippen molar-refractivity contribution in [3.8, 4) is 0 Å². The molecule has 1 amide bonds. The number of carbonyl (C=O) groups excluding carboxylic acids is 2. The summed E-state index contributed by atoms with van der Waals surface area (Å²) < 4.78 is 41.5. The first kappa shape index (κ1) is 13.8. The number of alkyl halides is 3. The largest absolute Gasteiger partial charge is 0.471 e. The second-order valence-corrected chi connectivity index (χ2v) is 3.82.